The van der Waals surface area contributed by atoms with E-state index in [2.05, 4.69) is 34.6 Å². The van der Waals surface area contributed by atoms with Gasteiger partial charge >= 0.3 is 0 Å². The molecular formula is C19H25N3OS. The van der Waals surface area contributed by atoms with Gasteiger partial charge in [-0.2, -0.15) is 0 Å². The zero-order valence-electron chi connectivity index (χ0n) is 14.8. The lowest BCUT2D eigenvalue weighted by Crippen LogP contribution is -2.25. The third kappa shape index (κ3) is 5.98. The Labute approximate surface area is 149 Å². The Hall–Kier alpha value is -2.45. The molecule has 24 heavy (non-hydrogen) atoms. The maximum absolute atomic E-state index is 9.46. The number of phenols is 1. The van der Waals surface area contributed by atoms with Gasteiger partial charge < -0.3 is 19.6 Å². The molecule has 0 spiro atoms. The molecule has 0 radical (unpaired) electrons. The smallest absolute Gasteiger partial charge is 0.116 e. The minimum atomic E-state index is 0.224. The van der Waals surface area contributed by atoms with Gasteiger partial charge in [-0.05, 0) is 42.5 Å². The van der Waals surface area contributed by atoms with Crippen LogP contribution in [-0.4, -0.2) is 42.6 Å². The minimum absolute atomic E-state index is 0.224. The molecule has 0 aliphatic carbocycles. The van der Waals surface area contributed by atoms with Gasteiger partial charge in [0.05, 0.1) is 17.9 Å². The number of likely N-dealkylation sites (N-methyl/N-ethyl adjacent to an activating group) is 1. The van der Waals surface area contributed by atoms with Crippen LogP contribution in [0.4, 0.5) is 0 Å². The van der Waals surface area contributed by atoms with Crippen molar-refractivity contribution in [2.24, 2.45) is 0 Å². The van der Waals surface area contributed by atoms with Crippen LogP contribution in [-0.2, 0) is 0 Å². The lowest BCUT2D eigenvalue weighted by molar-refractivity contribution is 0.453. The summed E-state index contributed by atoms with van der Waals surface area (Å²) < 4.78 is 3.26. The summed E-state index contributed by atoms with van der Waals surface area (Å²) in [6, 6.07) is 6.93. The predicted octanol–water partition coefficient (Wildman–Crippen LogP) is 3.36. The Morgan fingerprint density at radius 1 is 1.38 bits per heavy atom. The fourth-order valence-electron chi connectivity index (χ4n) is 1.82. The number of hydrogen-bond donors (Lipinski definition) is 2. The molecule has 0 bridgehead atoms. The van der Waals surface area contributed by atoms with E-state index in [4.69, 9.17) is 0 Å². The quantitative estimate of drug-likeness (QED) is 0.451. The largest absolute Gasteiger partial charge is 0.508 e. The van der Waals surface area contributed by atoms with Crippen molar-refractivity contribution in [3.05, 3.63) is 65.5 Å². The molecular weight excluding hydrogens is 318 g/mol. The first-order chi connectivity index (χ1) is 11.4. The van der Waals surface area contributed by atoms with E-state index >= 15 is 0 Å². The first-order valence-electron chi connectivity index (χ1n) is 7.46. The molecule has 0 amide bonds. The molecule has 1 rings (SSSR count). The van der Waals surface area contributed by atoms with Gasteiger partial charge in [0.1, 0.15) is 5.75 Å². The van der Waals surface area contributed by atoms with E-state index in [1.54, 1.807) is 23.6 Å². The van der Waals surface area contributed by atoms with Crippen LogP contribution in [0.1, 0.15) is 12.5 Å². The van der Waals surface area contributed by atoms with Gasteiger partial charge in [0.15, 0.2) is 0 Å². The summed E-state index contributed by atoms with van der Waals surface area (Å²) >= 11 is 1.41. The van der Waals surface area contributed by atoms with E-state index in [1.807, 2.05) is 39.0 Å². The molecule has 0 heterocycles. The number of rotatable bonds is 7. The number of nitrogens with one attached hydrogen (secondary N) is 1. The topological polar surface area (TPSA) is 38.7 Å². The summed E-state index contributed by atoms with van der Waals surface area (Å²) in [6.07, 6.45) is 0. The van der Waals surface area contributed by atoms with Crippen LogP contribution in [0.5, 0.6) is 5.75 Å². The Morgan fingerprint density at radius 3 is 2.67 bits per heavy atom. The predicted molar refractivity (Wildman–Crippen MR) is 104 cm³/mol. The van der Waals surface area contributed by atoms with Gasteiger partial charge in [-0.1, -0.05) is 31.1 Å². The van der Waals surface area contributed by atoms with Crippen molar-refractivity contribution in [3.63, 3.8) is 0 Å². The van der Waals surface area contributed by atoms with Crippen LogP contribution in [0, 0.1) is 11.8 Å². The molecule has 0 atom stereocenters. The lowest BCUT2D eigenvalue weighted by Gasteiger charge is -2.26. The SMILES string of the molecule is C=CSN/C(C(=C)N(C)C)=C(\C)N(C)CC#Cc1cccc(O)c1. The third-order valence-corrected chi connectivity index (χ3v) is 3.89. The van der Waals surface area contributed by atoms with Crippen LogP contribution in [0.2, 0.25) is 0 Å². The molecule has 5 heteroatoms. The van der Waals surface area contributed by atoms with E-state index in [1.165, 1.54) is 11.9 Å². The van der Waals surface area contributed by atoms with E-state index in [0.29, 0.717) is 6.54 Å². The van der Waals surface area contributed by atoms with Gasteiger partial charge in [0.25, 0.3) is 0 Å². The van der Waals surface area contributed by atoms with Crippen molar-refractivity contribution in [1.82, 2.24) is 14.5 Å². The monoisotopic (exact) mass is 343 g/mol. The number of allylic oxidation sites excluding steroid dienone is 1. The Balaban J connectivity index is 2.90. The zero-order valence-corrected chi connectivity index (χ0v) is 15.6. The molecule has 0 fully saturated rings. The molecule has 0 aliphatic rings. The molecule has 0 aliphatic heterocycles. The van der Waals surface area contributed by atoms with Crippen LogP contribution < -0.4 is 4.72 Å². The maximum atomic E-state index is 9.46. The number of benzene rings is 1. The van der Waals surface area contributed by atoms with Gasteiger partial charge in [-0.3, -0.25) is 0 Å². The molecule has 2 N–H and O–H groups in total. The summed E-state index contributed by atoms with van der Waals surface area (Å²) in [6.45, 7) is 10.4. The molecule has 0 saturated carbocycles. The fourth-order valence-corrected chi connectivity index (χ4v) is 2.29. The normalized spacial score (nSPS) is 10.8. The molecule has 4 nitrogen and oxygen atoms in total. The Morgan fingerprint density at radius 2 is 2.08 bits per heavy atom. The first-order valence-corrected chi connectivity index (χ1v) is 8.33. The molecule has 1 aromatic rings. The second kappa shape index (κ2) is 9.64. The lowest BCUT2D eigenvalue weighted by atomic mass is 10.2. The highest BCUT2D eigenvalue weighted by Crippen LogP contribution is 2.17. The fraction of sp³-hybridized carbons (Fsp3) is 0.263. The van der Waals surface area contributed by atoms with Crippen LogP contribution in [0.25, 0.3) is 0 Å². The second-order valence-electron chi connectivity index (χ2n) is 5.40. The summed E-state index contributed by atoms with van der Waals surface area (Å²) in [4.78, 5) is 4.01. The second-order valence-corrected chi connectivity index (χ2v) is 6.17. The van der Waals surface area contributed by atoms with E-state index < -0.39 is 0 Å². The van der Waals surface area contributed by atoms with Crippen molar-refractivity contribution in [2.45, 2.75) is 6.92 Å². The van der Waals surface area contributed by atoms with E-state index in [0.717, 1.165) is 22.7 Å². The summed E-state index contributed by atoms with van der Waals surface area (Å²) in [5.41, 5.74) is 3.65. The van der Waals surface area contributed by atoms with Crippen molar-refractivity contribution >= 4 is 11.9 Å². The van der Waals surface area contributed by atoms with Crippen LogP contribution in [0.3, 0.4) is 0 Å². The van der Waals surface area contributed by atoms with Crippen molar-refractivity contribution in [1.29, 1.82) is 0 Å². The molecule has 0 unspecified atom stereocenters. The minimum Gasteiger partial charge on any atom is -0.508 e. The van der Waals surface area contributed by atoms with Gasteiger partial charge in [0, 0.05) is 32.4 Å². The zero-order chi connectivity index (χ0) is 18.1. The summed E-state index contributed by atoms with van der Waals surface area (Å²) in [7, 11) is 5.89. The van der Waals surface area contributed by atoms with E-state index in [-0.39, 0.29) is 5.75 Å². The number of nitrogens with zero attached hydrogens (tertiary/aromatic N) is 2. The van der Waals surface area contributed by atoms with Crippen molar-refractivity contribution in [2.75, 3.05) is 27.7 Å². The number of hydrogen-bond acceptors (Lipinski definition) is 5. The van der Waals surface area contributed by atoms with Crippen molar-refractivity contribution in [3.8, 4) is 17.6 Å². The molecule has 128 valence electrons. The highest BCUT2D eigenvalue weighted by atomic mass is 32.2. The summed E-state index contributed by atoms with van der Waals surface area (Å²) in [5, 5.41) is 11.2. The van der Waals surface area contributed by atoms with E-state index in [9.17, 15) is 5.11 Å². The molecule has 0 aromatic heterocycles. The maximum Gasteiger partial charge on any atom is 0.116 e. The van der Waals surface area contributed by atoms with Crippen LogP contribution in [0.15, 0.2) is 59.9 Å². The highest BCUT2D eigenvalue weighted by molar-refractivity contribution is 8.00. The van der Waals surface area contributed by atoms with Gasteiger partial charge in [-0.25, -0.2) is 0 Å². The summed E-state index contributed by atoms with van der Waals surface area (Å²) in [5.74, 6) is 6.40. The highest BCUT2D eigenvalue weighted by Gasteiger charge is 2.11. The molecule has 0 saturated heterocycles. The van der Waals surface area contributed by atoms with Crippen LogP contribution >= 0.6 is 11.9 Å². The average molecular weight is 343 g/mol. The Bertz CT molecular complexity index is 683. The number of phenolic OH excluding ortho intramolecular Hbond substituents is 1. The van der Waals surface area contributed by atoms with Crippen molar-refractivity contribution < 1.29 is 5.11 Å². The van der Waals surface area contributed by atoms with Gasteiger partial charge in [-0.15, -0.1) is 0 Å². The first kappa shape index (κ1) is 19.6. The van der Waals surface area contributed by atoms with Gasteiger partial charge in [0.2, 0.25) is 0 Å². The molecule has 1 aromatic carbocycles. The standard InChI is InChI=1S/C19H25N3OS/c1-7-24-20-19(15(2)21(4)5)16(3)22(6)13-9-11-17-10-8-12-18(23)14-17/h7-8,10,12,14,20,23H,1-2,13H2,3-6H3/b19-16+. The average Bonchev–Trinajstić information content (AvgIpc) is 2.54. The number of aromatic hydroxyl groups is 1. The third-order valence-electron chi connectivity index (χ3n) is 3.40. The Kier molecular flexibility index (Phi) is 7.87.